The molecule has 0 bridgehead atoms. The highest BCUT2D eigenvalue weighted by Gasteiger charge is 2.19. The summed E-state index contributed by atoms with van der Waals surface area (Å²) >= 11 is 0. The van der Waals surface area contributed by atoms with Crippen LogP contribution in [0, 0.1) is 26.6 Å². The molecule has 0 fully saturated rings. The molecule has 0 radical (unpaired) electrons. The van der Waals surface area contributed by atoms with Crippen molar-refractivity contribution in [1.82, 2.24) is 5.32 Å². The molecule has 20 heavy (non-hydrogen) atoms. The zero-order chi connectivity index (χ0) is 14.7. The molecule has 2 aromatic rings. The van der Waals surface area contributed by atoms with Crippen LogP contribution in [0.4, 0.5) is 4.39 Å². The summed E-state index contributed by atoms with van der Waals surface area (Å²) in [6.45, 7) is 8.94. The van der Waals surface area contributed by atoms with Crippen LogP contribution in [-0.2, 0) is 0 Å². The maximum atomic E-state index is 14.3. The van der Waals surface area contributed by atoms with Gasteiger partial charge in [0.2, 0.25) is 0 Å². The summed E-state index contributed by atoms with van der Waals surface area (Å²) in [6.07, 6.45) is 0. The molecule has 2 aromatic carbocycles. The first-order chi connectivity index (χ1) is 9.54. The highest BCUT2D eigenvalue weighted by Crippen LogP contribution is 2.28. The first-order valence-electron chi connectivity index (χ1n) is 7.10. The summed E-state index contributed by atoms with van der Waals surface area (Å²) in [5, 5.41) is 3.40. The number of aryl methyl sites for hydroxylation is 2. The van der Waals surface area contributed by atoms with Gasteiger partial charge < -0.3 is 5.32 Å². The topological polar surface area (TPSA) is 12.0 Å². The molecule has 1 unspecified atom stereocenters. The quantitative estimate of drug-likeness (QED) is 0.866. The molecule has 0 saturated carbocycles. The minimum atomic E-state index is -0.142. The molecule has 2 heteroatoms. The average molecular weight is 271 g/mol. The summed E-state index contributed by atoms with van der Waals surface area (Å²) in [5.41, 5.74) is 5.26. The van der Waals surface area contributed by atoms with E-state index in [9.17, 15) is 4.39 Å². The summed E-state index contributed by atoms with van der Waals surface area (Å²) in [4.78, 5) is 0. The second-order valence-electron chi connectivity index (χ2n) is 5.30. The van der Waals surface area contributed by atoms with Gasteiger partial charge in [-0.3, -0.25) is 0 Å². The first-order valence-corrected chi connectivity index (χ1v) is 7.10. The standard InChI is InChI=1S/C18H22FN/c1-5-20-18(15-8-6-7-13(3)14(15)4)16-10-9-12(2)11-17(16)19/h6-11,18,20H,5H2,1-4H3. The minimum Gasteiger partial charge on any atom is -0.306 e. The van der Waals surface area contributed by atoms with Crippen molar-refractivity contribution in [2.75, 3.05) is 6.54 Å². The van der Waals surface area contributed by atoms with Gasteiger partial charge in [-0.2, -0.15) is 0 Å². The van der Waals surface area contributed by atoms with Crippen LogP contribution in [-0.4, -0.2) is 6.54 Å². The summed E-state index contributed by atoms with van der Waals surface area (Å²) < 4.78 is 14.3. The van der Waals surface area contributed by atoms with Crippen LogP contribution >= 0.6 is 0 Å². The lowest BCUT2D eigenvalue weighted by atomic mass is 9.92. The van der Waals surface area contributed by atoms with E-state index in [4.69, 9.17) is 0 Å². The molecule has 0 aromatic heterocycles. The van der Waals surface area contributed by atoms with E-state index in [1.165, 1.54) is 11.1 Å². The number of nitrogens with one attached hydrogen (secondary N) is 1. The van der Waals surface area contributed by atoms with Crippen LogP contribution in [0.3, 0.4) is 0 Å². The Kier molecular flexibility index (Phi) is 4.56. The second kappa shape index (κ2) is 6.19. The van der Waals surface area contributed by atoms with Gasteiger partial charge in [-0.25, -0.2) is 4.39 Å². The number of rotatable bonds is 4. The fraction of sp³-hybridized carbons (Fsp3) is 0.333. The van der Waals surface area contributed by atoms with Crippen molar-refractivity contribution >= 4 is 0 Å². The zero-order valence-electron chi connectivity index (χ0n) is 12.6. The number of benzene rings is 2. The van der Waals surface area contributed by atoms with E-state index in [1.807, 2.05) is 32.0 Å². The Labute approximate surface area is 120 Å². The van der Waals surface area contributed by atoms with Crippen molar-refractivity contribution in [2.45, 2.75) is 33.7 Å². The highest BCUT2D eigenvalue weighted by atomic mass is 19.1. The van der Waals surface area contributed by atoms with Crippen molar-refractivity contribution in [3.05, 3.63) is 70.0 Å². The summed E-state index contributed by atoms with van der Waals surface area (Å²) in [7, 11) is 0. The van der Waals surface area contributed by atoms with E-state index < -0.39 is 0 Å². The van der Waals surface area contributed by atoms with Crippen molar-refractivity contribution < 1.29 is 4.39 Å². The second-order valence-corrected chi connectivity index (χ2v) is 5.30. The van der Waals surface area contributed by atoms with Gasteiger partial charge in [-0.15, -0.1) is 0 Å². The third-order valence-electron chi connectivity index (χ3n) is 3.83. The van der Waals surface area contributed by atoms with Gasteiger partial charge in [0.15, 0.2) is 0 Å². The maximum absolute atomic E-state index is 14.3. The summed E-state index contributed by atoms with van der Waals surface area (Å²) in [6, 6.07) is 11.6. The van der Waals surface area contributed by atoms with Crippen LogP contribution in [0.1, 0.15) is 40.8 Å². The maximum Gasteiger partial charge on any atom is 0.128 e. The highest BCUT2D eigenvalue weighted by molar-refractivity contribution is 5.41. The van der Waals surface area contributed by atoms with Gasteiger partial charge in [0, 0.05) is 5.56 Å². The van der Waals surface area contributed by atoms with Crippen molar-refractivity contribution in [3.63, 3.8) is 0 Å². The molecule has 1 atom stereocenters. The third-order valence-corrected chi connectivity index (χ3v) is 3.83. The predicted molar refractivity (Wildman–Crippen MR) is 82.6 cm³/mol. The van der Waals surface area contributed by atoms with Crippen LogP contribution in [0.2, 0.25) is 0 Å². The van der Waals surface area contributed by atoms with Crippen molar-refractivity contribution in [3.8, 4) is 0 Å². The Morgan fingerprint density at radius 3 is 2.45 bits per heavy atom. The molecule has 0 saturated heterocycles. The Morgan fingerprint density at radius 2 is 1.80 bits per heavy atom. The molecule has 0 spiro atoms. The Morgan fingerprint density at radius 1 is 1.05 bits per heavy atom. The van der Waals surface area contributed by atoms with Crippen LogP contribution in [0.5, 0.6) is 0 Å². The molecule has 106 valence electrons. The molecule has 0 amide bonds. The number of halogens is 1. The predicted octanol–water partition coefficient (Wildman–Crippen LogP) is 4.45. The van der Waals surface area contributed by atoms with Crippen LogP contribution in [0.25, 0.3) is 0 Å². The number of hydrogen-bond donors (Lipinski definition) is 1. The lowest BCUT2D eigenvalue weighted by Crippen LogP contribution is -2.24. The fourth-order valence-electron chi connectivity index (χ4n) is 2.54. The van der Waals surface area contributed by atoms with E-state index in [0.29, 0.717) is 5.56 Å². The first kappa shape index (κ1) is 14.7. The van der Waals surface area contributed by atoms with E-state index in [-0.39, 0.29) is 11.9 Å². The lowest BCUT2D eigenvalue weighted by Gasteiger charge is -2.22. The molecule has 0 aliphatic rings. The van der Waals surface area contributed by atoms with Crippen molar-refractivity contribution in [1.29, 1.82) is 0 Å². The molecule has 1 nitrogen and oxygen atoms in total. The Hall–Kier alpha value is -1.67. The molecule has 1 N–H and O–H groups in total. The molecule has 2 rings (SSSR count). The molecule has 0 aliphatic carbocycles. The molecular weight excluding hydrogens is 249 g/mol. The van der Waals surface area contributed by atoms with Crippen molar-refractivity contribution in [2.24, 2.45) is 0 Å². The molecule has 0 heterocycles. The largest absolute Gasteiger partial charge is 0.306 e. The zero-order valence-corrected chi connectivity index (χ0v) is 12.6. The number of hydrogen-bond acceptors (Lipinski definition) is 1. The third kappa shape index (κ3) is 2.91. The molecule has 0 aliphatic heterocycles. The van der Waals surface area contributed by atoms with Gasteiger partial charge in [-0.1, -0.05) is 37.3 Å². The monoisotopic (exact) mass is 271 g/mol. The van der Waals surface area contributed by atoms with Gasteiger partial charge in [-0.05, 0) is 55.6 Å². The smallest absolute Gasteiger partial charge is 0.128 e. The van der Waals surface area contributed by atoms with Crippen LogP contribution < -0.4 is 5.32 Å². The normalized spacial score (nSPS) is 12.4. The summed E-state index contributed by atoms with van der Waals surface area (Å²) in [5.74, 6) is -0.142. The van der Waals surface area contributed by atoms with E-state index in [0.717, 1.165) is 17.7 Å². The average Bonchev–Trinajstić information content (AvgIpc) is 2.40. The molecular formula is C18H22FN. The van der Waals surface area contributed by atoms with Gasteiger partial charge in [0.05, 0.1) is 6.04 Å². The van der Waals surface area contributed by atoms with Gasteiger partial charge >= 0.3 is 0 Å². The van der Waals surface area contributed by atoms with Gasteiger partial charge in [0.1, 0.15) is 5.82 Å². The van der Waals surface area contributed by atoms with Crippen LogP contribution in [0.15, 0.2) is 36.4 Å². The van der Waals surface area contributed by atoms with E-state index in [1.54, 1.807) is 6.07 Å². The Balaban J connectivity index is 2.53. The lowest BCUT2D eigenvalue weighted by molar-refractivity contribution is 0.557. The fourth-order valence-corrected chi connectivity index (χ4v) is 2.54. The van der Waals surface area contributed by atoms with E-state index in [2.05, 4.69) is 31.3 Å². The Bertz CT molecular complexity index is 604. The SMILES string of the molecule is CCNC(c1ccc(C)cc1F)c1cccc(C)c1C. The van der Waals surface area contributed by atoms with E-state index >= 15 is 0 Å². The minimum absolute atomic E-state index is 0.0968. The van der Waals surface area contributed by atoms with Gasteiger partial charge in [0.25, 0.3) is 0 Å².